The highest BCUT2D eigenvalue weighted by molar-refractivity contribution is 6.09. The fourth-order valence-corrected chi connectivity index (χ4v) is 8.92. The first-order valence-electron chi connectivity index (χ1n) is 20.5. The van der Waals surface area contributed by atoms with Crippen LogP contribution in [0.15, 0.2) is 164 Å². The maximum Gasteiger partial charge on any atom is 0.0795 e. The Kier molecular flexibility index (Phi) is 8.38. The lowest BCUT2D eigenvalue weighted by atomic mass is 9.85. The summed E-state index contributed by atoms with van der Waals surface area (Å²) in [5.74, 6) is 0. The van der Waals surface area contributed by atoms with Crippen LogP contribution >= 0.6 is 0 Å². The van der Waals surface area contributed by atoms with Gasteiger partial charge in [-0.1, -0.05) is 133 Å². The molecular formula is C54H48N4. The van der Waals surface area contributed by atoms with Crippen LogP contribution in [0, 0.1) is 0 Å². The number of fused-ring (bicyclic) bond motifs is 5. The van der Waals surface area contributed by atoms with Gasteiger partial charge in [0.05, 0.1) is 28.5 Å². The third kappa shape index (κ3) is 6.06. The summed E-state index contributed by atoms with van der Waals surface area (Å²) in [5.41, 5.74) is 15.4. The van der Waals surface area contributed by atoms with E-state index in [1.54, 1.807) is 0 Å². The number of hydrogen-bond donors (Lipinski definition) is 0. The van der Waals surface area contributed by atoms with E-state index >= 15 is 0 Å². The van der Waals surface area contributed by atoms with Crippen molar-refractivity contribution in [3.8, 4) is 28.2 Å². The minimum absolute atomic E-state index is 0.0763. The van der Waals surface area contributed by atoms with E-state index in [0.717, 1.165) is 56.4 Å². The van der Waals surface area contributed by atoms with E-state index in [1.807, 2.05) is 24.5 Å². The van der Waals surface area contributed by atoms with Crippen molar-refractivity contribution in [2.24, 2.45) is 0 Å². The maximum atomic E-state index is 4.84. The zero-order valence-corrected chi connectivity index (χ0v) is 34.2. The molecule has 1 aliphatic rings. The number of hydrogen-bond acceptors (Lipinski definition) is 2. The molecule has 1 atom stereocenters. The average Bonchev–Trinajstić information content (AvgIpc) is 3.82. The summed E-state index contributed by atoms with van der Waals surface area (Å²) in [6.45, 7) is 13.8. The van der Waals surface area contributed by atoms with Crippen LogP contribution in [0.3, 0.4) is 0 Å². The molecule has 58 heavy (non-hydrogen) atoms. The highest BCUT2D eigenvalue weighted by Crippen LogP contribution is 2.41. The molecule has 4 aromatic heterocycles. The van der Waals surface area contributed by atoms with Gasteiger partial charge in [-0.25, -0.2) is 0 Å². The molecule has 4 heterocycles. The predicted octanol–water partition coefficient (Wildman–Crippen LogP) is 14.2. The third-order valence-electron chi connectivity index (χ3n) is 12.1. The summed E-state index contributed by atoms with van der Waals surface area (Å²) in [6.07, 6.45) is 11.8. The van der Waals surface area contributed by atoms with Gasteiger partial charge < -0.3 is 9.13 Å². The van der Waals surface area contributed by atoms with Crippen molar-refractivity contribution in [2.45, 2.75) is 64.8 Å². The number of para-hydroxylation sites is 2. The SMILES string of the molecule is CC(C)(C)c1ccc2c(c1)c1cc(C(C)(C)C)ccc1n2C1C=CC(c2ccc(-n3c(-c4cccc5cccnc45)ccc3-c3cccc4cccnc34)cc2)=CC1. The molecule has 5 aromatic carbocycles. The number of allylic oxidation sites excluding steroid dienone is 4. The van der Waals surface area contributed by atoms with Crippen LogP contribution in [0.4, 0.5) is 0 Å². The Labute approximate surface area is 340 Å². The molecule has 4 heteroatoms. The topological polar surface area (TPSA) is 35.6 Å². The molecule has 1 unspecified atom stereocenters. The van der Waals surface area contributed by atoms with Crippen molar-refractivity contribution < 1.29 is 0 Å². The molecule has 284 valence electrons. The molecule has 0 saturated carbocycles. The number of nitrogens with zero attached hydrogens (tertiary/aromatic N) is 4. The lowest BCUT2D eigenvalue weighted by molar-refractivity contribution is 0.590. The molecular weight excluding hydrogens is 705 g/mol. The summed E-state index contributed by atoms with van der Waals surface area (Å²) in [5, 5.41) is 4.93. The predicted molar refractivity (Wildman–Crippen MR) is 245 cm³/mol. The summed E-state index contributed by atoms with van der Waals surface area (Å²) in [4.78, 5) is 9.68. The number of benzene rings is 5. The zero-order valence-electron chi connectivity index (χ0n) is 34.2. The Morgan fingerprint density at radius 2 is 1.07 bits per heavy atom. The Hall–Kier alpha value is -6.52. The first kappa shape index (κ1) is 35.9. The van der Waals surface area contributed by atoms with Crippen LogP contribution in [-0.4, -0.2) is 19.1 Å². The average molecular weight is 753 g/mol. The van der Waals surface area contributed by atoms with Crippen molar-refractivity contribution in [3.05, 3.63) is 181 Å². The molecule has 0 saturated heterocycles. The van der Waals surface area contributed by atoms with Crippen molar-refractivity contribution in [1.82, 2.24) is 19.1 Å². The lowest BCUT2D eigenvalue weighted by Crippen LogP contribution is -2.11. The van der Waals surface area contributed by atoms with Gasteiger partial charge in [0.15, 0.2) is 0 Å². The number of pyridine rings is 2. The molecule has 1 aliphatic carbocycles. The van der Waals surface area contributed by atoms with E-state index < -0.39 is 0 Å². The van der Waals surface area contributed by atoms with Gasteiger partial charge in [-0.15, -0.1) is 0 Å². The van der Waals surface area contributed by atoms with E-state index in [0.29, 0.717) is 0 Å². The van der Waals surface area contributed by atoms with Gasteiger partial charge in [0.1, 0.15) is 0 Å². The Morgan fingerprint density at radius 3 is 1.55 bits per heavy atom. The first-order valence-corrected chi connectivity index (χ1v) is 20.5. The number of rotatable bonds is 5. The summed E-state index contributed by atoms with van der Waals surface area (Å²) in [7, 11) is 0. The zero-order chi connectivity index (χ0) is 39.8. The molecule has 0 N–H and O–H groups in total. The van der Waals surface area contributed by atoms with Crippen LogP contribution in [0.2, 0.25) is 0 Å². The summed E-state index contributed by atoms with van der Waals surface area (Å²) >= 11 is 0. The van der Waals surface area contributed by atoms with Gasteiger partial charge >= 0.3 is 0 Å². The summed E-state index contributed by atoms with van der Waals surface area (Å²) < 4.78 is 4.94. The Morgan fingerprint density at radius 1 is 0.552 bits per heavy atom. The lowest BCUT2D eigenvalue weighted by Gasteiger charge is -2.22. The highest BCUT2D eigenvalue weighted by atomic mass is 15.0. The van der Waals surface area contributed by atoms with Crippen molar-refractivity contribution in [3.63, 3.8) is 0 Å². The van der Waals surface area contributed by atoms with E-state index in [1.165, 1.54) is 44.1 Å². The van der Waals surface area contributed by atoms with Crippen LogP contribution in [0.5, 0.6) is 0 Å². The summed E-state index contributed by atoms with van der Waals surface area (Å²) in [6, 6.07) is 49.1. The van der Waals surface area contributed by atoms with Crippen LogP contribution in [-0.2, 0) is 10.8 Å². The van der Waals surface area contributed by atoms with E-state index in [2.05, 4.69) is 190 Å². The molecule has 0 radical (unpaired) electrons. The molecule has 9 aromatic rings. The van der Waals surface area contributed by atoms with Crippen molar-refractivity contribution >= 4 is 49.2 Å². The maximum absolute atomic E-state index is 4.84. The van der Waals surface area contributed by atoms with E-state index in [9.17, 15) is 0 Å². The molecule has 10 rings (SSSR count). The van der Waals surface area contributed by atoms with Gasteiger partial charge in [-0.2, -0.15) is 0 Å². The number of aromatic nitrogens is 4. The molecule has 0 amide bonds. The van der Waals surface area contributed by atoms with Gasteiger partial charge in [-0.3, -0.25) is 9.97 Å². The van der Waals surface area contributed by atoms with Gasteiger partial charge in [0.25, 0.3) is 0 Å². The Balaban J connectivity index is 1.03. The fraction of sp³-hybridized carbons (Fsp3) is 0.185. The van der Waals surface area contributed by atoms with E-state index in [-0.39, 0.29) is 16.9 Å². The van der Waals surface area contributed by atoms with Gasteiger partial charge in [0.2, 0.25) is 0 Å². The second-order valence-corrected chi connectivity index (χ2v) is 17.9. The van der Waals surface area contributed by atoms with Crippen molar-refractivity contribution in [1.29, 1.82) is 0 Å². The standard InChI is InChI=1S/C54H48N4/c1-53(2,3)39-21-27-49-45(33-39)46-34-40(54(4,5)6)22-28-50(46)58(49)42-25-19-36(20-26-42)35-17-23-41(24-18-35)57-47(43-15-7-11-37-13-9-31-55-51(37)43)29-30-48(57)44-16-8-12-38-14-10-32-56-52(38)44/h7-25,27-34,42H,26H2,1-6H3. The minimum atomic E-state index is 0.0763. The second-order valence-electron chi connectivity index (χ2n) is 17.9. The van der Waals surface area contributed by atoms with Gasteiger partial charge in [-0.05, 0) is 100 Å². The Bertz CT molecular complexity index is 2920. The molecule has 0 bridgehead atoms. The molecule has 0 fully saturated rings. The normalized spacial score (nSPS) is 14.9. The minimum Gasteiger partial charge on any atom is -0.333 e. The van der Waals surface area contributed by atoms with Crippen LogP contribution in [0.1, 0.15) is 70.7 Å². The quantitative estimate of drug-likeness (QED) is 0.175. The monoisotopic (exact) mass is 752 g/mol. The third-order valence-corrected chi connectivity index (χ3v) is 12.1. The molecule has 0 aliphatic heterocycles. The highest BCUT2D eigenvalue weighted by Gasteiger charge is 2.24. The van der Waals surface area contributed by atoms with Crippen LogP contribution in [0.25, 0.3) is 77.4 Å². The first-order chi connectivity index (χ1) is 28.0. The largest absolute Gasteiger partial charge is 0.333 e. The fourth-order valence-electron chi connectivity index (χ4n) is 8.92. The smallest absolute Gasteiger partial charge is 0.0795 e. The van der Waals surface area contributed by atoms with Crippen LogP contribution < -0.4 is 0 Å². The van der Waals surface area contributed by atoms with Crippen molar-refractivity contribution in [2.75, 3.05) is 0 Å². The molecule has 0 spiro atoms. The van der Waals surface area contributed by atoms with E-state index in [4.69, 9.17) is 9.97 Å². The molecule has 4 nitrogen and oxygen atoms in total. The van der Waals surface area contributed by atoms with Gasteiger partial charge in [0, 0.05) is 61.8 Å². The second kappa shape index (κ2) is 13.6.